The topological polar surface area (TPSA) is 106 Å². The van der Waals surface area contributed by atoms with E-state index in [1.165, 1.54) is 13.5 Å². The third kappa shape index (κ3) is 15.1. The molecule has 1 fully saturated rings. The van der Waals surface area contributed by atoms with Gasteiger partial charge in [0.25, 0.3) is 0 Å². The molecule has 1 unspecified atom stereocenters. The molecule has 0 spiro atoms. The van der Waals surface area contributed by atoms with Crippen molar-refractivity contribution in [1.29, 1.82) is 0 Å². The summed E-state index contributed by atoms with van der Waals surface area (Å²) >= 11 is 0. The van der Waals surface area contributed by atoms with E-state index in [0.29, 0.717) is 12.8 Å². The first-order chi connectivity index (χ1) is 8.42. The molecule has 1 heterocycles. The van der Waals surface area contributed by atoms with E-state index in [4.69, 9.17) is 4.79 Å². The van der Waals surface area contributed by atoms with Crippen molar-refractivity contribution < 1.29 is 51.9 Å². The van der Waals surface area contributed by atoms with Crippen molar-refractivity contribution in [2.24, 2.45) is 5.92 Å². The summed E-state index contributed by atoms with van der Waals surface area (Å²) in [6, 6.07) is 0. The van der Waals surface area contributed by atoms with Crippen molar-refractivity contribution in [2.75, 3.05) is 14.1 Å². The molecule has 1 saturated heterocycles. The van der Waals surface area contributed by atoms with Crippen LogP contribution in [0.15, 0.2) is 0 Å². The van der Waals surface area contributed by atoms with E-state index in [1.807, 2.05) is 6.92 Å². The molecule has 0 aliphatic carbocycles. The zero-order valence-electron chi connectivity index (χ0n) is 11.6. The molecule has 1 atom stereocenters. The van der Waals surface area contributed by atoms with Gasteiger partial charge in [0.1, 0.15) is 0 Å². The van der Waals surface area contributed by atoms with Crippen molar-refractivity contribution in [1.82, 2.24) is 10.6 Å². The largest absolute Gasteiger partial charge is 0.596 e. The maximum Gasteiger partial charge on any atom is 0.219 e. The fourth-order valence-electron chi connectivity index (χ4n) is 0.805. The molecule has 19 heavy (non-hydrogen) atoms. The number of nitrogens with zero attached hydrogens (tertiary/aromatic N) is 1. The Morgan fingerprint density at radius 2 is 1.89 bits per heavy atom. The van der Waals surface area contributed by atoms with Crippen LogP contribution in [0.3, 0.4) is 0 Å². The number of imide groups is 1. The number of hydrogen-bond acceptors (Lipinski definition) is 4. The second-order valence-corrected chi connectivity index (χ2v) is 3.33. The smallest absolute Gasteiger partial charge is 0.219 e. The molecule has 7 nitrogen and oxygen atoms in total. The summed E-state index contributed by atoms with van der Waals surface area (Å²) in [5.41, 5.74) is 0. The van der Waals surface area contributed by atoms with Crippen molar-refractivity contribution in [2.45, 2.75) is 26.7 Å². The third-order valence-corrected chi connectivity index (χ3v) is 1.84. The second kappa shape index (κ2) is 15.2. The van der Waals surface area contributed by atoms with E-state index in [2.05, 4.69) is 16.0 Å². The van der Waals surface area contributed by atoms with Crippen LogP contribution in [0.5, 0.6) is 0 Å². The molecule has 0 saturated carbocycles. The Labute approximate surface area is 138 Å². The number of carbonyl (C=O) groups is 3. The van der Waals surface area contributed by atoms with Crippen molar-refractivity contribution in [3.8, 4) is 0 Å². The zero-order valence-corrected chi connectivity index (χ0v) is 14.5. The molecule has 0 bridgehead atoms. The summed E-state index contributed by atoms with van der Waals surface area (Å²) in [6.45, 7) is 3.52. The van der Waals surface area contributed by atoms with Crippen LogP contribution in [0.4, 0.5) is 0 Å². The van der Waals surface area contributed by atoms with Gasteiger partial charge in [-0.1, -0.05) is 13.8 Å². The molecule has 0 aromatic carbocycles. The Morgan fingerprint density at radius 1 is 1.42 bits per heavy atom. The monoisotopic (exact) mass is 346 g/mol. The minimum absolute atomic E-state index is 0. The van der Waals surface area contributed by atoms with Gasteiger partial charge < -0.3 is 30.3 Å². The van der Waals surface area contributed by atoms with Gasteiger partial charge in [-0.3, -0.25) is 4.79 Å². The molecule has 1 aliphatic heterocycles. The minimum atomic E-state index is -0.275. The second-order valence-electron chi connectivity index (χ2n) is 3.33. The van der Waals surface area contributed by atoms with Gasteiger partial charge in [-0.25, -0.2) is 0 Å². The number of amides is 4. The van der Waals surface area contributed by atoms with Crippen LogP contribution < -0.4 is 10.6 Å². The maximum atomic E-state index is 10.4. The summed E-state index contributed by atoms with van der Waals surface area (Å²) < 4.78 is 0. The Morgan fingerprint density at radius 3 is 1.95 bits per heavy atom. The third-order valence-electron chi connectivity index (χ3n) is 1.84. The number of carbonyl (C=O) groups excluding carboxylic acids is 4. The molecule has 0 aromatic rings. The van der Waals surface area contributed by atoms with Gasteiger partial charge in [0.2, 0.25) is 5.91 Å². The Hall–Kier alpha value is -0.816. The quantitative estimate of drug-likeness (QED) is 0.412. The van der Waals surface area contributed by atoms with Gasteiger partial charge in [0, 0.05) is 52.1 Å². The first-order valence-corrected chi connectivity index (χ1v) is 5.45. The zero-order chi connectivity index (χ0) is 14.6. The maximum absolute atomic E-state index is 10.4. The molecule has 1 rings (SSSR count). The van der Waals surface area contributed by atoms with Gasteiger partial charge in [-0.05, 0) is 13.5 Å². The van der Waals surface area contributed by atoms with E-state index in [-0.39, 0.29) is 56.3 Å². The fourth-order valence-corrected chi connectivity index (χ4v) is 0.805. The fraction of sp³-hybridized carbons (Fsp3) is 0.636. The Kier molecular flexibility index (Phi) is 18.7. The minimum Gasteiger partial charge on any atom is -0.596 e. The molecule has 1 aliphatic rings. The summed E-state index contributed by atoms with van der Waals surface area (Å²) in [5, 5.41) is 7.79. The summed E-state index contributed by atoms with van der Waals surface area (Å²) in [5.74, 6) is -0.616. The predicted molar refractivity (Wildman–Crippen MR) is 66.3 cm³/mol. The van der Waals surface area contributed by atoms with E-state index in [1.54, 1.807) is 14.0 Å². The molecular formula is C11H19N3O4Y-2. The normalized spacial score (nSPS) is 15.5. The molecule has 2 N–H and O–H groups in total. The van der Waals surface area contributed by atoms with Crippen LogP contribution in [-0.4, -0.2) is 38.2 Å². The molecule has 1 radical (unpaired) electrons. The SMILES string of the molecule is CC1CC(=O)[N-]C1=O.CCC(=O)NC.CN[C-]=O.[Y]. The van der Waals surface area contributed by atoms with Crippen LogP contribution in [-0.2, 0) is 51.9 Å². The molecule has 0 aromatic heterocycles. The van der Waals surface area contributed by atoms with Gasteiger partial charge in [-0.2, -0.15) is 6.41 Å². The van der Waals surface area contributed by atoms with Crippen LogP contribution in [0.1, 0.15) is 26.7 Å². The van der Waals surface area contributed by atoms with E-state index < -0.39 is 0 Å². The van der Waals surface area contributed by atoms with E-state index in [0.717, 1.165) is 0 Å². The van der Waals surface area contributed by atoms with Crippen molar-refractivity contribution in [3.63, 3.8) is 0 Å². The summed E-state index contributed by atoms with van der Waals surface area (Å²) in [7, 11) is 3.14. The van der Waals surface area contributed by atoms with Gasteiger partial charge >= 0.3 is 0 Å². The Balaban J connectivity index is -0.000000210. The van der Waals surface area contributed by atoms with Crippen LogP contribution in [0.25, 0.3) is 5.32 Å². The van der Waals surface area contributed by atoms with Crippen LogP contribution in [0, 0.1) is 5.92 Å². The molecule has 8 heteroatoms. The predicted octanol–water partition coefficient (Wildman–Crippen LogP) is -0.134. The summed E-state index contributed by atoms with van der Waals surface area (Å²) in [6.07, 6.45) is 2.31. The first-order valence-electron chi connectivity index (χ1n) is 5.45. The average molecular weight is 346 g/mol. The Bertz CT molecular complexity index is 292. The van der Waals surface area contributed by atoms with Gasteiger partial charge in [-0.15, -0.1) is 0 Å². The van der Waals surface area contributed by atoms with Crippen molar-refractivity contribution in [3.05, 3.63) is 5.32 Å². The first kappa shape index (κ1) is 23.3. The molecular weight excluding hydrogens is 327 g/mol. The van der Waals surface area contributed by atoms with Gasteiger partial charge in [0.05, 0.1) is 11.8 Å². The number of rotatable bonds is 2. The number of hydrogen-bond donors (Lipinski definition) is 2. The summed E-state index contributed by atoms with van der Waals surface area (Å²) in [4.78, 5) is 39.7. The van der Waals surface area contributed by atoms with Crippen LogP contribution in [0.2, 0.25) is 0 Å². The van der Waals surface area contributed by atoms with E-state index >= 15 is 0 Å². The van der Waals surface area contributed by atoms with E-state index in [9.17, 15) is 14.4 Å². The van der Waals surface area contributed by atoms with Gasteiger partial charge in [0.15, 0.2) is 0 Å². The molecule has 107 valence electrons. The number of nitrogens with one attached hydrogen (secondary N) is 2. The standard InChI is InChI=1S/C5H7NO2.C4H9NO.C2H4NO.Y/c1-3-2-4(7)6-5(3)8;1-3-4(6)5-2;1-3-2-4;/h3H,2H2,1H3,(H,6,7,8);3H2,1-2H3,(H,5,6);1H3,(H,3,4);/q;;-1;/p-1. The average Bonchev–Trinajstić information content (AvgIpc) is 2.66. The van der Waals surface area contributed by atoms with Crippen LogP contribution >= 0.6 is 0 Å². The van der Waals surface area contributed by atoms with Crippen molar-refractivity contribution >= 4 is 24.1 Å². The molecule has 4 amide bonds.